The Morgan fingerprint density at radius 1 is 1.06 bits per heavy atom. The third-order valence-corrected chi connectivity index (χ3v) is 2.94. The van der Waals surface area contributed by atoms with E-state index in [1.165, 1.54) is 11.1 Å². The molecule has 0 saturated heterocycles. The first-order valence-electron chi connectivity index (χ1n) is 6.67. The minimum atomic E-state index is -0.189. The van der Waals surface area contributed by atoms with Gasteiger partial charge in [0.25, 0.3) is 0 Å². The Hall–Kier alpha value is -0.900. The molecule has 0 aliphatic rings. The molecule has 1 aromatic rings. The Labute approximate surface area is 110 Å². The zero-order chi connectivity index (χ0) is 13.4. The first kappa shape index (κ1) is 15.2. The molecule has 0 radical (unpaired) electrons. The fourth-order valence-corrected chi connectivity index (χ4v) is 1.92. The van der Waals surface area contributed by atoms with Gasteiger partial charge in [-0.25, -0.2) is 0 Å². The summed E-state index contributed by atoms with van der Waals surface area (Å²) in [5, 5.41) is 3.28. The highest BCUT2D eigenvalue weighted by atomic mass is 16.7. The smallest absolute Gasteiger partial charge is 0.172 e. The van der Waals surface area contributed by atoms with Crippen molar-refractivity contribution >= 4 is 0 Å². The van der Waals surface area contributed by atoms with Crippen LogP contribution >= 0.6 is 0 Å². The number of likely N-dealkylation sites (N-methyl/N-ethyl adjacent to an activating group) is 1. The molecule has 0 fully saturated rings. The van der Waals surface area contributed by atoms with E-state index in [4.69, 9.17) is 9.47 Å². The van der Waals surface area contributed by atoms with E-state index < -0.39 is 0 Å². The monoisotopic (exact) mass is 251 g/mol. The van der Waals surface area contributed by atoms with E-state index in [1.807, 2.05) is 20.9 Å². The zero-order valence-corrected chi connectivity index (χ0v) is 11.9. The van der Waals surface area contributed by atoms with Crippen LogP contribution < -0.4 is 5.32 Å². The second kappa shape index (κ2) is 8.25. The van der Waals surface area contributed by atoms with Gasteiger partial charge >= 0.3 is 0 Å². The van der Waals surface area contributed by atoms with Crippen LogP contribution in [0.15, 0.2) is 24.3 Å². The molecule has 0 heterocycles. The largest absolute Gasteiger partial charge is 0.351 e. The molecule has 1 unspecified atom stereocenters. The van der Waals surface area contributed by atoms with Gasteiger partial charge in [0.05, 0.1) is 6.04 Å². The fourth-order valence-electron chi connectivity index (χ4n) is 1.92. The predicted octanol–water partition coefficient (Wildman–Crippen LogP) is 2.52. The standard InChI is InChI=1S/C15H25NO2/c1-5-17-15(18-6-2)14(16-4)11-13-9-7-12(3)8-10-13/h7-10,14-16H,5-6,11H2,1-4H3. The normalized spacial score (nSPS) is 12.9. The molecule has 102 valence electrons. The number of ether oxygens (including phenoxy) is 2. The van der Waals surface area contributed by atoms with E-state index in [0.29, 0.717) is 13.2 Å². The molecule has 3 nitrogen and oxygen atoms in total. The minimum Gasteiger partial charge on any atom is -0.351 e. The van der Waals surface area contributed by atoms with Crippen molar-refractivity contribution < 1.29 is 9.47 Å². The lowest BCUT2D eigenvalue weighted by molar-refractivity contribution is -0.152. The minimum absolute atomic E-state index is 0.174. The average Bonchev–Trinajstić information content (AvgIpc) is 2.38. The van der Waals surface area contributed by atoms with E-state index in [0.717, 1.165) is 6.42 Å². The Balaban J connectivity index is 2.66. The van der Waals surface area contributed by atoms with Crippen molar-refractivity contribution in [3.05, 3.63) is 35.4 Å². The molecule has 1 aromatic carbocycles. The highest BCUT2D eigenvalue weighted by Crippen LogP contribution is 2.11. The topological polar surface area (TPSA) is 30.5 Å². The van der Waals surface area contributed by atoms with Crippen LogP contribution in [0.5, 0.6) is 0 Å². The average molecular weight is 251 g/mol. The second-order valence-corrected chi connectivity index (χ2v) is 4.36. The lowest BCUT2D eigenvalue weighted by Gasteiger charge is -2.26. The molecular weight excluding hydrogens is 226 g/mol. The van der Waals surface area contributed by atoms with Crippen LogP contribution in [0, 0.1) is 6.92 Å². The van der Waals surface area contributed by atoms with Crippen molar-refractivity contribution in [1.82, 2.24) is 5.32 Å². The molecule has 1 N–H and O–H groups in total. The van der Waals surface area contributed by atoms with Crippen LogP contribution in [0.25, 0.3) is 0 Å². The van der Waals surface area contributed by atoms with Gasteiger partial charge in [-0.3, -0.25) is 0 Å². The molecule has 3 heteroatoms. The van der Waals surface area contributed by atoms with E-state index in [9.17, 15) is 0 Å². The highest BCUT2D eigenvalue weighted by molar-refractivity contribution is 5.22. The van der Waals surface area contributed by atoms with Gasteiger partial charge in [0.1, 0.15) is 0 Å². The molecule has 0 bridgehead atoms. The van der Waals surface area contributed by atoms with Crippen molar-refractivity contribution in [1.29, 1.82) is 0 Å². The van der Waals surface area contributed by atoms with E-state index in [-0.39, 0.29) is 12.3 Å². The van der Waals surface area contributed by atoms with Crippen molar-refractivity contribution in [2.45, 2.75) is 39.5 Å². The van der Waals surface area contributed by atoms with Gasteiger partial charge in [-0.2, -0.15) is 0 Å². The number of aryl methyl sites for hydroxylation is 1. The van der Waals surface area contributed by atoms with Crippen molar-refractivity contribution in [2.24, 2.45) is 0 Å². The Kier molecular flexibility index (Phi) is 6.94. The van der Waals surface area contributed by atoms with Crippen molar-refractivity contribution in [3.8, 4) is 0 Å². The molecule has 1 rings (SSSR count). The number of hydrogen-bond acceptors (Lipinski definition) is 3. The van der Waals surface area contributed by atoms with E-state index >= 15 is 0 Å². The summed E-state index contributed by atoms with van der Waals surface area (Å²) in [6, 6.07) is 8.77. The molecule has 1 atom stereocenters. The summed E-state index contributed by atoms with van der Waals surface area (Å²) < 4.78 is 11.3. The molecule has 0 saturated carbocycles. The summed E-state index contributed by atoms with van der Waals surface area (Å²) in [6.45, 7) is 7.41. The zero-order valence-electron chi connectivity index (χ0n) is 11.9. The summed E-state index contributed by atoms with van der Waals surface area (Å²) in [5.74, 6) is 0. The molecule has 0 amide bonds. The van der Waals surface area contributed by atoms with Gasteiger partial charge in [-0.15, -0.1) is 0 Å². The van der Waals surface area contributed by atoms with Crippen molar-refractivity contribution in [3.63, 3.8) is 0 Å². The Morgan fingerprint density at radius 2 is 1.61 bits per heavy atom. The van der Waals surface area contributed by atoms with Crippen LogP contribution in [-0.4, -0.2) is 32.6 Å². The molecule has 0 aliphatic heterocycles. The molecule has 0 aliphatic carbocycles. The van der Waals surface area contributed by atoms with Crippen molar-refractivity contribution in [2.75, 3.05) is 20.3 Å². The molecule has 18 heavy (non-hydrogen) atoms. The summed E-state index contributed by atoms with van der Waals surface area (Å²) >= 11 is 0. The Bertz CT molecular complexity index is 318. The SMILES string of the molecule is CCOC(OCC)C(Cc1ccc(C)cc1)NC. The molecule has 0 spiro atoms. The van der Waals surface area contributed by atoms with Crippen LogP contribution in [0.4, 0.5) is 0 Å². The molecule has 0 aromatic heterocycles. The molecular formula is C15H25NO2. The summed E-state index contributed by atoms with van der Waals surface area (Å²) in [6.07, 6.45) is 0.716. The number of benzene rings is 1. The van der Waals surface area contributed by atoms with Gasteiger partial charge in [0.2, 0.25) is 0 Å². The summed E-state index contributed by atoms with van der Waals surface area (Å²) in [4.78, 5) is 0. The highest BCUT2D eigenvalue weighted by Gasteiger charge is 2.20. The maximum Gasteiger partial charge on any atom is 0.172 e. The van der Waals surface area contributed by atoms with Gasteiger partial charge in [-0.05, 0) is 39.8 Å². The third kappa shape index (κ3) is 4.77. The maximum atomic E-state index is 5.65. The maximum absolute atomic E-state index is 5.65. The lowest BCUT2D eigenvalue weighted by atomic mass is 10.0. The number of hydrogen-bond donors (Lipinski definition) is 1. The number of rotatable bonds is 8. The quantitative estimate of drug-likeness (QED) is 0.720. The van der Waals surface area contributed by atoms with Gasteiger partial charge < -0.3 is 14.8 Å². The second-order valence-electron chi connectivity index (χ2n) is 4.36. The van der Waals surface area contributed by atoms with E-state index in [2.05, 4.69) is 36.5 Å². The number of nitrogens with one attached hydrogen (secondary N) is 1. The van der Waals surface area contributed by atoms with Crippen LogP contribution in [-0.2, 0) is 15.9 Å². The predicted molar refractivity (Wildman–Crippen MR) is 74.8 cm³/mol. The first-order chi connectivity index (χ1) is 8.71. The summed E-state index contributed by atoms with van der Waals surface area (Å²) in [7, 11) is 1.95. The van der Waals surface area contributed by atoms with Crippen LogP contribution in [0.2, 0.25) is 0 Å². The Morgan fingerprint density at radius 3 is 2.06 bits per heavy atom. The van der Waals surface area contributed by atoms with Crippen LogP contribution in [0.1, 0.15) is 25.0 Å². The van der Waals surface area contributed by atoms with E-state index in [1.54, 1.807) is 0 Å². The lowest BCUT2D eigenvalue weighted by Crippen LogP contribution is -2.42. The first-order valence-corrected chi connectivity index (χ1v) is 6.67. The fraction of sp³-hybridized carbons (Fsp3) is 0.600. The third-order valence-electron chi connectivity index (χ3n) is 2.94. The van der Waals surface area contributed by atoms with Gasteiger partial charge in [0.15, 0.2) is 6.29 Å². The summed E-state index contributed by atoms with van der Waals surface area (Å²) in [5.41, 5.74) is 2.58. The van der Waals surface area contributed by atoms with Crippen LogP contribution in [0.3, 0.4) is 0 Å². The van der Waals surface area contributed by atoms with Gasteiger partial charge in [0, 0.05) is 13.2 Å². The van der Waals surface area contributed by atoms with Gasteiger partial charge in [-0.1, -0.05) is 29.8 Å².